The predicted octanol–water partition coefficient (Wildman–Crippen LogP) is 0.768. The van der Waals surface area contributed by atoms with E-state index in [-0.39, 0.29) is 35.1 Å². The molecule has 0 saturated heterocycles. The third kappa shape index (κ3) is 9.66. The molecule has 8 nitrogen and oxygen atoms in total. The van der Waals surface area contributed by atoms with Gasteiger partial charge in [-0.05, 0) is 12.5 Å². The van der Waals surface area contributed by atoms with Crippen LogP contribution in [0.2, 0.25) is 0 Å². The molecule has 0 heterocycles. The summed E-state index contributed by atoms with van der Waals surface area (Å²) in [6.45, 7) is 2.63. The van der Waals surface area contributed by atoms with Crippen LogP contribution in [0, 0.1) is 10.1 Å². The fourth-order valence-electron chi connectivity index (χ4n) is 2.50. The maximum Gasteiger partial charge on any atom is 1.00 e. The minimum Gasteiger partial charge on any atom is -0.744 e. The summed E-state index contributed by atoms with van der Waals surface area (Å²) in [5.74, 6) is -0.706. The summed E-state index contributed by atoms with van der Waals surface area (Å²) in [6.07, 6.45) is 10.2. The van der Waals surface area contributed by atoms with E-state index >= 15 is 0 Å². The van der Waals surface area contributed by atoms with Gasteiger partial charge in [0.25, 0.3) is 0 Å². The Morgan fingerprint density at radius 2 is 1.67 bits per heavy atom. The van der Waals surface area contributed by atoms with Crippen molar-refractivity contribution >= 4 is 22.0 Å². The SMILES string of the molecule is CCCCCCCCCCN=Cc1cc(S(=O)(=O)[O-])cc([N+](=O)[O-])c1O.[Na+]. The molecule has 1 N–H and O–H groups in total. The molecule has 0 saturated carbocycles. The van der Waals surface area contributed by atoms with Gasteiger partial charge in [0.05, 0.1) is 9.82 Å². The van der Waals surface area contributed by atoms with Crippen LogP contribution in [0.4, 0.5) is 5.69 Å². The molecular weight excluding hydrogens is 383 g/mol. The largest absolute Gasteiger partial charge is 1.00 e. The van der Waals surface area contributed by atoms with Crippen molar-refractivity contribution in [2.24, 2.45) is 4.99 Å². The number of unbranched alkanes of at least 4 members (excludes halogenated alkanes) is 7. The topological polar surface area (TPSA) is 133 Å². The Kier molecular flexibility index (Phi) is 12.7. The number of nitrogens with zero attached hydrogens (tertiary/aromatic N) is 2. The molecule has 0 radical (unpaired) electrons. The first-order chi connectivity index (χ1) is 12.3. The Bertz CT molecular complexity index is 737. The number of aromatic hydroxyl groups is 1. The first-order valence-corrected chi connectivity index (χ1v) is 10.1. The van der Waals surface area contributed by atoms with E-state index in [1.54, 1.807) is 0 Å². The Labute approximate surface area is 182 Å². The number of aliphatic imine (C=N–C) groups is 1. The molecule has 1 aromatic carbocycles. The number of nitro groups is 1. The maximum atomic E-state index is 11.1. The molecule has 0 aliphatic heterocycles. The van der Waals surface area contributed by atoms with E-state index in [0.717, 1.165) is 31.5 Å². The van der Waals surface area contributed by atoms with Crippen LogP contribution in [0.15, 0.2) is 22.0 Å². The average Bonchev–Trinajstić information content (AvgIpc) is 2.56. The van der Waals surface area contributed by atoms with E-state index in [1.165, 1.54) is 32.1 Å². The number of hydrogen-bond donors (Lipinski definition) is 1. The van der Waals surface area contributed by atoms with E-state index in [9.17, 15) is 28.2 Å². The van der Waals surface area contributed by atoms with E-state index in [2.05, 4.69) is 11.9 Å². The number of phenolic OH excluding ortho intramolecular Hbond substituents is 1. The summed E-state index contributed by atoms with van der Waals surface area (Å²) < 4.78 is 33.3. The smallest absolute Gasteiger partial charge is 0.744 e. The normalized spacial score (nSPS) is 11.5. The zero-order chi connectivity index (χ0) is 19.6. The molecule has 10 heteroatoms. The predicted molar refractivity (Wildman–Crippen MR) is 97.8 cm³/mol. The summed E-state index contributed by atoms with van der Waals surface area (Å²) in [6, 6.07) is 1.44. The van der Waals surface area contributed by atoms with Crippen LogP contribution in [0.25, 0.3) is 0 Å². The maximum absolute atomic E-state index is 11.1. The second-order valence-corrected chi connectivity index (χ2v) is 7.48. The van der Waals surface area contributed by atoms with Gasteiger partial charge in [-0.3, -0.25) is 15.1 Å². The molecule has 0 spiro atoms. The zero-order valence-corrected chi connectivity index (χ0v) is 18.7. The van der Waals surface area contributed by atoms with Crippen molar-refractivity contribution in [3.05, 3.63) is 27.8 Å². The molecule has 0 bridgehead atoms. The molecular formula is C17H25N2NaO6S. The zero-order valence-electron chi connectivity index (χ0n) is 15.9. The van der Waals surface area contributed by atoms with Crippen molar-refractivity contribution in [2.45, 2.75) is 63.2 Å². The molecule has 0 aliphatic carbocycles. The fourth-order valence-corrected chi connectivity index (χ4v) is 3.02. The van der Waals surface area contributed by atoms with E-state index in [0.29, 0.717) is 12.6 Å². The molecule has 0 fully saturated rings. The van der Waals surface area contributed by atoms with Gasteiger partial charge in [-0.25, -0.2) is 8.42 Å². The minimum atomic E-state index is -4.88. The van der Waals surface area contributed by atoms with Gasteiger partial charge in [0.15, 0.2) is 0 Å². The summed E-state index contributed by atoms with van der Waals surface area (Å²) in [5.41, 5.74) is -0.997. The summed E-state index contributed by atoms with van der Waals surface area (Å²) in [4.78, 5) is 13.3. The second-order valence-electron chi connectivity index (χ2n) is 6.10. The molecule has 27 heavy (non-hydrogen) atoms. The van der Waals surface area contributed by atoms with Crippen molar-refractivity contribution in [3.63, 3.8) is 0 Å². The van der Waals surface area contributed by atoms with Crippen molar-refractivity contribution in [3.8, 4) is 5.75 Å². The monoisotopic (exact) mass is 408 g/mol. The van der Waals surface area contributed by atoms with Gasteiger partial charge < -0.3 is 9.66 Å². The molecule has 1 rings (SSSR count). The number of phenols is 1. The summed E-state index contributed by atoms with van der Waals surface area (Å²) >= 11 is 0. The van der Waals surface area contributed by atoms with Gasteiger partial charge in [0.2, 0.25) is 5.75 Å². The van der Waals surface area contributed by atoms with Crippen LogP contribution in [-0.4, -0.2) is 35.8 Å². The van der Waals surface area contributed by atoms with Crippen molar-refractivity contribution < 1.29 is 52.6 Å². The van der Waals surface area contributed by atoms with Gasteiger partial charge in [-0.1, -0.05) is 51.9 Å². The quantitative estimate of drug-likeness (QED) is 0.136. The van der Waals surface area contributed by atoms with Gasteiger partial charge in [0, 0.05) is 24.4 Å². The third-order valence-corrected chi connectivity index (χ3v) is 4.76. The number of hydrogen-bond acceptors (Lipinski definition) is 7. The van der Waals surface area contributed by atoms with Crippen LogP contribution >= 0.6 is 0 Å². The average molecular weight is 408 g/mol. The summed E-state index contributed by atoms with van der Waals surface area (Å²) in [7, 11) is -4.88. The Hall–Kier alpha value is -1.000. The fraction of sp³-hybridized carbons (Fsp3) is 0.588. The van der Waals surface area contributed by atoms with Crippen molar-refractivity contribution in [2.75, 3.05) is 6.54 Å². The van der Waals surface area contributed by atoms with E-state index < -0.39 is 31.4 Å². The molecule has 0 unspecified atom stereocenters. The van der Waals surface area contributed by atoms with Crippen molar-refractivity contribution in [1.82, 2.24) is 0 Å². The van der Waals surface area contributed by atoms with Crippen LogP contribution in [0.5, 0.6) is 5.75 Å². The van der Waals surface area contributed by atoms with Crippen LogP contribution < -0.4 is 29.6 Å². The second kappa shape index (κ2) is 13.2. The summed E-state index contributed by atoms with van der Waals surface area (Å²) in [5, 5.41) is 20.8. The van der Waals surface area contributed by atoms with Gasteiger partial charge in [0.1, 0.15) is 10.1 Å². The molecule has 0 aliphatic rings. The molecule has 0 aromatic heterocycles. The number of benzene rings is 1. The van der Waals surface area contributed by atoms with Gasteiger partial charge in [-0.2, -0.15) is 0 Å². The molecule has 146 valence electrons. The van der Waals surface area contributed by atoms with Crippen LogP contribution in [0.3, 0.4) is 0 Å². The van der Waals surface area contributed by atoms with E-state index in [4.69, 9.17) is 0 Å². The minimum absolute atomic E-state index is 0. The Morgan fingerprint density at radius 1 is 1.11 bits per heavy atom. The standard InChI is InChI=1S/C17H26N2O6S.Na/c1-2-3-4-5-6-7-8-9-10-18-13-14-11-15(26(23,24)25)12-16(17(14)20)19(21)22;/h11-13,20H,2-10H2,1H3,(H,23,24,25);/q;+1/p-1. The van der Waals surface area contributed by atoms with E-state index in [1.807, 2.05) is 0 Å². The van der Waals surface area contributed by atoms with Crippen LogP contribution in [0.1, 0.15) is 63.9 Å². The Morgan fingerprint density at radius 3 is 2.19 bits per heavy atom. The molecule has 1 aromatic rings. The van der Waals surface area contributed by atoms with Crippen LogP contribution in [-0.2, 0) is 10.1 Å². The number of rotatable bonds is 12. The number of nitro benzene ring substituents is 1. The van der Waals surface area contributed by atoms with Gasteiger partial charge in [-0.15, -0.1) is 0 Å². The molecule has 0 amide bonds. The first-order valence-electron chi connectivity index (χ1n) is 8.74. The Balaban J connectivity index is 0.00000676. The van der Waals surface area contributed by atoms with Crippen molar-refractivity contribution in [1.29, 1.82) is 0 Å². The van der Waals surface area contributed by atoms with Gasteiger partial charge >= 0.3 is 35.2 Å². The first kappa shape index (κ1) is 26.0. The molecule has 0 atom stereocenters. The third-order valence-electron chi connectivity index (χ3n) is 3.95.